The van der Waals surface area contributed by atoms with Crippen LogP contribution in [-0.4, -0.2) is 76.7 Å². The number of hydrogen-bond donors (Lipinski definition) is 0. The molecule has 1 aromatic carbocycles. The highest BCUT2D eigenvalue weighted by molar-refractivity contribution is 7.19. The molecular formula is C26H35N5OS. The Kier molecular flexibility index (Phi) is 6.54. The highest BCUT2D eigenvalue weighted by atomic mass is 32.1. The van der Waals surface area contributed by atoms with Crippen molar-refractivity contribution >= 4 is 27.3 Å². The van der Waals surface area contributed by atoms with Gasteiger partial charge >= 0.3 is 0 Å². The van der Waals surface area contributed by atoms with E-state index in [0.29, 0.717) is 11.7 Å². The summed E-state index contributed by atoms with van der Waals surface area (Å²) in [7, 11) is 4.37. The molecular weight excluding hydrogens is 430 g/mol. The van der Waals surface area contributed by atoms with E-state index in [1.807, 2.05) is 16.2 Å². The van der Waals surface area contributed by atoms with E-state index in [2.05, 4.69) is 65.8 Å². The second-order valence-corrected chi connectivity index (χ2v) is 10.8. The summed E-state index contributed by atoms with van der Waals surface area (Å²) < 4.78 is 3.43. The maximum Gasteiger partial charge on any atom is 0.274 e. The summed E-state index contributed by atoms with van der Waals surface area (Å²) in [5.74, 6) is 0.126. The van der Waals surface area contributed by atoms with E-state index in [4.69, 9.17) is 5.10 Å². The van der Waals surface area contributed by atoms with E-state index >= 15 is 0 Å². The summed E-state index contributed by atoms with van der Waals surface area (Å²) in [6.07, 6.45) is 4.04. The van der Waals surface area contributed by atoms with Crippen LogP contribution in [0.4, 0.5) is 0 Å². The zero-order valence-corrected chi connectivity index (χ0v) is 20.9. The van der Waals surface area contributed by atoms with Crippen molar-refractivity contribution in [2.75, 3.05) is 40.3 Å². The van der Waals surface area contributed by atoms with Gasteiger partial charge in [0, 0.05) is 59.6 Å². The Balaban J connectivity index is 1.35. The van der Waals surface area contributed by atoms with Crippen LogP contribution in [0.15, 0.2) is 30.3 Å². The van der Waals surface area contributed by atoms with Gasteiger partial charge in [-0.25, -0.2) is 0 Å². The van der Waals surface area contributed by atoms with Crippen LogP contribution in [-0.2, 0) is 25.9 Å². The van der Waals surface area contributed by atoms with E-state index in [-0.39, 0.29) is 5.91 Å². The van der Waals surface area contributed by atoms with E-state index in [1.54, 1.807) is 0 Å². The standard InChI is InChI=1S/C26H35N5OS/c1-4-31-23-11-10-20(29(3)18-21-16-19-8-5-6-9-24(19)33-21)17-22(23)25(27-31)26(32)30-13-7-12-28(2)14-15-30/h5-6,8-9,16,20H,4,7,10-15,17-18H2,1-3H3. The molecule has 1 fully saturated rings. The molecule has 2 aliphatic rings. The minimum Gasteiger partial charge on any atom is -0.336 e. The molecule has 5 rings (SSSR count). The van der Waals surface area contributed by atoms with E-state index in [0.717, 1.165) is 65.0 Å². The van der Waals surface area contributed by atoms with Gasteiger partial charge in [-0.3, -0.25) is 14.4 Å². The second-order valence-electron chi connectivity index (χ2n) is 9.60. The van der Waals surface area contributed by atoms with Crippen molar-refractivity contribution in [3.05, 3.63) is 52.2 Å². The molecule has 1 aliphatic heterocycles. The molecule has 33 heavy (non-hydrogen) atoms. The van der Waals surface area contributed by atoms with Crippen LogP contribution in [0.25, 0.3) is 10.1 Å². The lowest BCUT2D eigenvalue weighted by molar-refractivity contribution is 0.0754. The molecule has 3 heterocycles. The summed E-state index contributed by atoms with van der Waals surface area (Å²) in [5.41, 5.74) is 3.18. The quantitative estimate of drug-likeness (QED) is 0.574. The number of hydrogen-bond acceptors (Lipinski definition) is 5. The molecule has 0 saturated carbocycles. The number of benzene rings is 1. The molecule has 6 nitrogen and oxygen atoms in total. The van der Waals surface area contributed by atoms with Gasteiger partial charge in [0.05, 0.1) is 0 Å². The van der Waals surface area contributed by atoms with Crippen molar-refractivity contribution in [2.45, 2.75) is 51.7 Å². The molecule has 1 aliphatic carbocycles. The van der Waals surface area contributed by atoms with Crippen LogP contribution >= 0.6 is 11.3 Å². The average molecular weight is 466 g/mol. The van der Waals surface area contributed by atoms with Crippen molar-refractivity contribution in [1.82, 2.24) is 24.5 Å². The van der Waals surface area contributed by atoms with Gasteiger partial charge in [0.2, 0.25) is 0 Å². The van der Waals surface area contributed by atoms with Gasteiger partial charge in [-0.05, 0) is 70.8 Å². The first-order valence-corrected chi connectivity index (χ1v) is 13.1. The van der Waals surface area contributed by atoms with Crippen LogP contribution in [0, 0.1) is 0 Å². The summed E-state index contributed by atoms with van der Waals surface area (Å²) in [6, 6.07) is 11.4. The number of likely N-dealkylation sites (N-methyl/N-ethyl adjacent to an activating group) is 2. The third-order valence-electron chi connectivity index (χ3n) is 7.33. The van der Waals surface area contributed by atoms with Crippen molar-refractivity contribution in [1.29, 1.82) is 0 Å². The van der Waals surface area contributed by atoms with Gasteiger partial charge in [-0.2, -0.15) is 5.10 Å². The zero-order chi connectivity index (χ0) is 22.9. The zero-order valence-electron chi connectivity index (χ0n) is 20.1. The Morgan fingerprint density at radius 1 is 1.21 bits per heavy atom. The maximum absolute atomic E-state index is 13.5. The average Bonchev–Trinajstić information content (AvgIpc) is 3.33. The van der Waals surface area contributed by atoms with Crippen LogP contribution in [0.2, 0.25) is 0 Å². The van der Waals surface area contributed by atoms with E-state index in [1.165, 1.54) is 26.2 Å². The molecule has 1 amide bonds. The first kappa shape index (κ1) is 22.6. The fraction of sp³-hybridized carbons (Fsp3) is 0.538. The smallest absolute Gasteiger partial charge is 0.274 e. The molecule has 7 heteroatoms. The van der Waals surface area contributed by atoms with Gasteiger partial charge in [0.15, 0.2) is 5.69 Å². The number of amides is 1. The number of thiophene rings is 1. The second kappa shape index (κ2) is 9.57. The normalized spacial score (nSPS) is 19.8. The molecule has 1 saturated heterocycles. The van der Waals surface area contributed by atoms with E-state index in [9.17, 15) is 4.79 Å². The highest BCUT2D eigenvalue weighted by Crippen LogP contribution is 2.31. The first-order valence-electron chi connectivity index (χ1n) is 12.3. The summed E-state index contributed by atoms with van der Waals surface area (Å²) in [6.45, 7) is 7.50. The summed E-state index contributed by atoms with van der Waals surface area (Å²) in [5, 5.41) is 6.17. The Morgan fingerprint density at radius 3 is 2.88 bits per heavy atom. The lowest BCUT2D eigenvalue weighted by Crippen LogP contribution is -2.38. The minimum atomic E-state index is 0.126. The molecule has 0 bridgehead atoms. The Hall–Kier alpha value is -2.22. The van der Waals surface area contributed by atoms with Crippen molar-refractivity contribution < 1.29 is 4.79 Å². The molecule has 2 aromatic heterocycles. The molecule has 0 N–H and O–H groups in total. The van der Waals surface area contributed by atoms with Crippen LogP contribution in [0.5, 0.6) is 0 Å². The molecule has 1 atom stereocenters. The largest absolute Gasteiger partial charge is 0.336 e. The number of aromatic nitrogens is 2. The summed E-state index contributed by atoms with van der Waals surface area (Å²) >= 11 is 1.89. The first-order chi connectivity index (χ1) is 16.0. The maximum atomic E-state index is 13.5. The minimum absolute atomic E-state index is 0.126. The Labute approximate surface area is 200 Å². The molecule has 176 valence electrons. The fourth-order valence-corrected chi connectivity index (χ4v) is 6.50. The third kappa shape index (κ3) is 4.59. The Morgan fingerprint density at radius 2 is 2.06 bits per heavy atom. The number of carbonyl (C=O) groups is 1. The van der Waals surface area contributed by atoms with Crippen molar-refractivity contribution in [3.63, 3.8) is 0 Å². The molecule has 1 unspecified atom stereocenters. The van der Waals surface area contributed by atoms with Crippen LogP contribution in [0.1, 0.15) is 46.4 Å². The van der Waals surface area contributed by atoms with Gasteiger partial charge in [-0.15, -0.1) is 11.3 Å². The number of fused-ring (bicyclic) bond motifs is 2. The van der Waals surface area contributed by atoms with E-state index < -0.39 is 0 Å². The highest BCUT2D eigenvalue weighted by Gasteiger charge is 2.32. The number of nitrogens with zero attached hydrogens (tertiary/aromatic N) is 5. The molecule has 3 aromatic rings. The van der Waals surface area contributed by atoms with Crippen molar-refractivity contribution in [2.24, 2.45) is 0 Å². The predicted molar refractivity (Wildman–Crippen MR) is 135 cm³/mol. The van der Waals surface area contributed by atoms with Gasteiger partial charge in [-0.1, -0.05) is 18.2 Å². The fourth-order valence-electron chi connectivity index (χ4n) is 5.37. The Bertz CT molecular complexity index is 1100. The molecule has 0 radical (unpaired) electrons. The van der Waals surface area contributed by atoms with Gasteiger partial charge < -0.3 is 9.80 Å². The van der Waals surface area contributed by atoms with Crippen LogP contribution in [0.3, 0.4) is 0 Å². The SMILES string of the molecule is CCn1nc(C(=O)N2CCCN(C)CC2)c2c1CCC(N(C)Cc1cc3ccccc3s1)C2. The molecule has 0 spiro atoms. The third-order valence-corrected chi connectivity index (χ3v) is 8.44. The van der Waals surface area contributed by atoms with Crippen molar-refractivity contribution in [3.8, 4) is 0 Å². The number of carbonyl (C=O) groups excluding carboxylic acids is 1. The number of aryl methyl sites for hydroxylation is 1. The lowest BCUT2D eigenvalue weighted by Gasteiger charge is -2.31. The summed E-state index contributed by atoms with van der Waals surface area (Å²) in [4.78, 5) is 21.8. The van der Waals surface area contributed by atoms with Gasteiger partial charge in [0.1, 0.15) is 0 Å². The predicted octanol–water partition coefficient (Wildman–Crippen LogP) is 3.88. The monoisotopic (exact) mass is 465 g/mol. The number of rotatable bonds is 5. The van der Waals surface area contributed by atoms with Gasteiger partial charge in [0.25, 0.3) is 5.91 Å². The lowest BCUT2D eigenvalue weighted by atomic mass is 9.90. The topological polar surface area (TPSA) is 44.6 Å². The van der Waals surface area contributed by atoms with Crippen LogP contribution < -0.4 is 0 Å².